The number of anilines is 1. The van der Waals surface area contributed by atoms with Gasteiger partial charge in [0.1, 0.15) is 11.3 Å². The minimum Gasteiger partial charge on any atom is -0.477 e. The third-order valence-electron chi connectivity index (χ3n) is 4.50. The summed E-state index contributed by atoms with van der Waals surface area (Å²) in [6.45, 7) is 5.53. The maximum absolute atomic E-state index is 13.5. The first-order valence-corrected chi connectivity index (χ1v) is 11.0. The highest BCUT2D eigenvalue weighted by molar-refractivity contribution is 7.99. The van der Waals surface area contributed by atoms with E-state index < -0.39 is 23.5 Å². The van der Waals surface area contributed by atoms with Crippen LogP contribution in [0.4, 0.5) is 5.69 Å². The molecule has 0 bridgehead atoms. The molecule has 0 unspecified atom stereocenters. The van der Waals surface area contributed by atoms with E-state index in [0.29, 0.717) is 21.4 Å². The molecule has 1 N–H and O–H groups in total. The average molecular weight is 463 g/mol. The highest BCUT2D eigenvalue weighted by atomic mass is 35.5. The molecule has 2 heterocycles. The summed E-state index contributed by atoms with van der Waals surface area (Å²) in [4.78, 5) is 43.5. The van der Waals surface area contributed by atoms with Gasteiger partial charge in [-0.3, -0.25) is 9.59 Å². The monoisotopic (exact) mass is 462 g/mol. The quantitative estimate of drug-likeness (QED) is 0.657. The van der Waals surface area contributed by atoms with Crippen molar-refractivity contribution < 1.29 is 24.2 Å². The molecule has 0 radical (unpaired) electrons. The van der Waals surface area contributed by atoms with Crippen LogP contribution in [-0.4, -0.2) is 39.3 Å². The normalized spacial score (nSPS) is 16.5. The predicted octanol–water partition coefficient (Wildman–Crippen LogP) is 4.42. The number of amides is 1. The zero-order chi connectivity index (χ0) is 22.8. The van der Waals surface area contributed by atoms with Crippen LogP contribution in [0.5, 0.6) is 0 Å². The molecule has 1 aliphatic rings. The molecule has 0 saturated carbocycles. The van der Waals surface area contributed by atoms with E-state index in [1.807, 2.05) is 0 Å². The summed E-state index contributed by atoms with van der Waals surface area (Å²) in [5.41, 5.74) is 0.479. The van der Waals surface area contributed by atoms with Crippen molar-refractivity contribution in [3.05, 3.63) is 52.8 Å². The molecule has 1 amide bonds. The number of fused-ring (bicyclic) bond motifs is 1. The lowest BCUT2D eigenvalue weighted by Gasteiger charge is -2.26. The van der Waals surface area contributed by atoms with Crippen molar-refractivity contribution in [3.63, 3.8) is 0 Å². The Morgan fingerprint density at radius 3 is 2.58 bits per heavy atom. The second-order valence-corrected chi connectivity index (χ2v) is 9.69. The van der Waals surface area contributed by atoms with Gasteiger partial charge in [-0.05, 0) is 44.5 Å². The number of pyridine rings is 1. The highest BCUT2D eigenvalue weighted by Crippen LogP contribution is 2.38. The fourth-order valence-corrected chi connectivity index (χ4v) is 4.35. The van der Waals surface area contributed by atoms with E-state index >= 15 is 0 Å². The third kappa shape index (κ3) is 5.98. The summed E-state index contributed by atoms with van der Waals surface area (Å²) in [6, 6.07) is 8.45. The zero-order valence-electron chi connectivity index (χ0n) is 17.4. The largest absolute Gasteiger partial charge is 0.477 e. The van der Waals surface area contributed by atoms with Crippen LogP contribution in [0.2, 0.25) is 5.02 Å². The second kappa shape index (κ2) is 9.28. The minimum atomic E-state index is -1.18. The summed E-state index contributed by atoms with van der Waals surface area (Å²) in [5, 5.41) is 9.93. The Kier molecular flexibility index (Phi) is 6.91. The molecule has 164 valence electrons. The molecule has 3 rings (SSSR count). The Hall–Kier alpha value is -2.58. The Morgan fingerprint density at radius 1 is 1.29 bits per heavy atom. The molecule has 1 atom stereocenters. The summed E-state index contributed by atoms with van der Waals surface area (Å²) in [6.07, 6.45) is 1.40. The number of hydrogen-bond acceptors (Lipinski definition) is 6. The number of carbonyl (C=O) groups is 3. The SMILES string of the molecule is CC(C)(C)OC(=O)C[C@H]1CSc2cnc(C(=O)O)cc2N(Cc2ccc(Cl)cc2)C1=O. The number of esters is 1. The summed E-state index contributed by atoms with van der Waals surface area (Å²) in [7, 11) is 0. The van der Waals surface area contributed by atoms with Crippen molar-refractivity contribution >= 4 is 46.9 Å². The van der Waals surface area contributed by atoms with Crippen LogP contribution in [-0.2, 0) is 20.9 Å². The number of benzene rings is 1. The van der Waals surface area contributed by atoms with Crippen molar-refractivity contribution in [2.45, 2.75) is 44.2 Å². The van der Waals surface area contributed by atoms with Crippen LogP contribution in [0.25, 0.3) is 0 Å². The van der Waals surface area contributed by atoms with Crippen molar-refractivity contribution in [2.75, 3.05) is 10.7 Å². The van der Waals surface area contributed by atoms with Gasteiger partial charge >= 0.3 is 11.9 Å². The summed E-state index contributed by atoms with van der Waals surface area (Å²) in [5.74, 6) is -2.16. The number of carboxylic acid groups (broad SMARTS) is 1. The first kappa shape index (κ1) is 23.1. The second-order valence-electron chi connectivity index (χ2n) is 8.19. The number of rotatable bonds is 5. The summed E-state index contributed by atoms with van der Waals surface area (Å²) >= 11 is 7.34. The van der Waals surface area contributed by atoms with Gasteiger partial charge in [0.05, 0.1) is 24.6 Å². The van der Waals surface area contributed by atoms with Crippen molar-refractivity contribution in [1.82, 2.24) is 4.98 Å². The Labute approximate surface area is 189 Å². The van der Waals surface area contributed by atoms with E-state index in [0.717, 1.165) is 5.56 Å². The van der Waals surface area contributed by atoms with Gasteiger partial charge < -0.3 is 14.7 Å². The molecule has 0 aliphatic carbocycles. The number of nitrogens with zero attached hydrogens (tertiary/aromatic N) is 2. The lowest BCUT2D eigenvalue weighted by molar-refractivity contribution is -0.156. The molecule has 2 aromatic rings. The van der Waals surface area contributed by atoms with E-state index in [2.05, 4.69) is 4.98 Å². The Balaban J connectivity index is 1.95. The van der Waals surface area contributed by atoms with E-state index in [1.165, 1.54) is 28.9 Å². The lowest BCUT2D eigenvalue weighted by atomic mass is 10.0. The average Bonchev–Trinajstić information content (AvgIpc) is 2.80. The smallest absolute Gasteiger partial charge is 0.354 e. The first-order chi connectivity index (χ1) is 14.5. The van der Waals surface area contributed by atoms with Crippen LogP contribution in [0.3, 0.4) is 0 Å². The van der Waals surface area contributed by atoms with Gasteiger partial charge in [0.2, 0.25) is 5.91 Å². The molecule has 0 spiro atoms. The molecule has 1 aliphatic heterocycles. The topological polar surface area (TPSA) is 96.8 Å². The molecule has 7 nitrogen and oxygen atoms in total. The van der Waals surface area contributed by atoms with Gasteiger partial charge in [-0.25, -0.2) is 9.78 Å². The highest BCUT2D eigenvalue weighted by Gasteiger charge is 2.34. The van der Waals surface area contributed by atoms with Crippen LogP contribution >= 0.6 is 23.4 Å². The summed E-state index contributed by atoms with van der Waals surface area (Å²) < 4.78 is 5.40. The molecule has 1 aromatic heterocycles. The van der Waals surface area contributed by atoms with E-state index in [-0.39, 0.29) is 24.6 Å². The Morgan fingerprint density at radius 2 is 1.97 bits per heavy atom. The van der Waals surface area contributed by atoms with Crippen molar-refractivity contribution in [2.24, 2.45) is 5.92 Å². The van der Waals surface area contributed by atoms with Gasteiger partial charge in [-0.2, -0.15) is 0 Å². The molecular formula is C22H23ClN2O5S. The molecule has 0 saturated heterocycles. The van der Waals surface area contributed by atoms with E-state index in [1.54, 1.807) is 45.0 Å². The fourth-order valence-electron chi connectivity index (χ4n) is 3.14. The number of aromatic carboxylic acids is 1. The van der Waals surface area contributed by atoms with E-state index in [4.69, 9.17) is 16.3 Å². The number of ether oxygens (including phenoxy) is 1. The van der Waals surface area contributed by atoms with Crippen LogP contribution in [0.1, 0.15) is 43.2 Å². The maximum atomic E-state index is 13.5. The lowest BCUT2D eigenvalue weighted by Crippen LogP contribution is -2.38. The van der Waals surface area contributed by atoms with Gasteiger partial charge in [0.15, 0.2) is 0 Å². The number of hydrogen-bond donors (Lipinski definition) is 1. The zero-order valence-corrected chi connectivity index (χ0v) is 19.0. The number of carboxylic acids is 1. The first-order valence-electron chi connectivity index (χ1n) is 9.67. The number of aromatic nitrogens is 1. The minimum absolute atomic E-state index is 0.0621. The van der Waals surface area contributed by atoms with Crippen LogP contribution in [0, 0.1) is 5.92 Å². The van der Waals surface area contributed by atoms with Gasteiger partial charge in [0, 0.05) is 21.9 Å². The molecule has 9 heteroatoms. The van der Waals surface area contributed by atoms with Crippen LogP contribution in [0.15, 0.2) is 41.4 Å². The number of halogens is 1. The van der Waals surface area contributed by atoms with Crippen molar-refractivity contribution in [3.8, 4) is 0 Å². The molecule has 31 heavy (non-hydrogen) atoms. The molecular weight excluding hydrogens is 440 g/mol. The van der Waals surface area contributed by atoms with Gasteiger partial charge in [0.25, 0.3) is 0 Å². The predicted molar refractivity (Wildman–Crippen MR) is 119 cm³/mol. The molecule has 1 aromatic carbocycles. The van der Waals surface area contributed by atoms with Crippen molar-refractivity contribution in [1.29, 1.82) is 0 Å². The van der Waals surface area contributed by atoms with Gasteiger partial charge in [-0.15, -0.1) is 11.8 Å². The fraction of sp³-hybridized carbons (Fsp3) is 0.364. The number of thioether (sulfide) groups is 1. The van der Waals surface area contributed by atoms with Gasteiger partial charge in [-0.1, -0.05) is 23.7 Å². The van der Waals surface area contributed by atoms with E-state index in [9.17, 15) is 19.5 Å². The standard InChI is InChI=1S/C22H23ClN2O5S/c1-22(2,3)30-19(26)8-14-12-31-18-10-24-16(21(28)29)9-17(18)25(20(14)27)11-13-4-6-15(23)7-5-13/h4-7,9-10,14H,8,11-12H2,1-3H3,(H,28,29)/t14-/m0/s1. The Bertz CT molecular complexity index is 1000. The number of carbonyl (C=O) groups excluding carboxylic acids is 2. The molecule has 0 fully saturated rings. The third-order valence-corrected chi connectivity index (χ3v) is 5.95. The van der Waals surface area contributed by atoms with Crippen LogP contribution < -0.4 is 4.90 Å². The maximum Gasteiger partial charge on any atom is 0.354 e.